The first kappa shape index (κ1) is 33.9. The third kappa shape index (κ3) is 9.18. The molecule has 3 aromatic carbocycles. The zero-order valence-electron chi connectivity index (χ0n) is 21.2. The summed E-state index contributed by atoms with van der Waals surface area (Å²) in [6.07, 6.45) is -5.80. The van der Waals surface area contributed by atoms with Crippen LogP contribution >= 0.6 is 58.0 Å². The number of halogens is 6. The van der Waals surface area contributed by atoms with Gasteiger partial charge in [-0.2, -0.15) is 8.42 Å². The lowest BCUT2D eigenvalue weighted by atomic mass is 10.1. The number of benzene rings is 3. The minimum atomic E-state index is -4.89. The summed E-state index contributed by atoms with van der Waals surface area (Å²) in [6, 6.07) is 12.8. The van der Waals surface area contributed by atoms with Crippen molar-refractivity contribution in [2.45, 2.75) is 23.3 Å². The van der Waals surface area contributed by atoms with E-state index in [1.807, 2.05) is 0 Å². The van der Waals surface area contributed by atoms with Crippen molar-refractivity contribution >= 4 is 86.3 Å². The largest absolute Gasteiger partial charge is 0.459 e. The van der Waals surface area contributed by atoms with E-state index in [1.54, 1.807) is 0 Å². The number of oxime groups is 1. The summed E-state index contributed by atoms with van der Waals surface area (Å²) in [7, 11) is -3.77. The van der Waals surface area contributed by atoms with Gasteiger partial charge in [0.25, 0.3) is 10.1 Å². The van der Waals surface area contributed by atoms with Crippen LogP contribution in [0, 0.1) is 0 Å². The van der Waals surface area contributed by atoms with Crippen molar-refractivity contribution in [3.05, 3.63) is 96.9 Å². The van der Waals surface area contributed by atoms with Crippen molar-refractivity contribution in [1.29, 1.82) is 0 Å². The molecule has 3 aromatic rings. The number of carbonyl (C=O) groups excluding carboxylic acids is 2. The maximum Gasteiger partial charge on any atom is 0.338 e. The lowest BCUT2D eigenvalue weighted by Crippen LogP contribution is -2.45. The Labute approximate surface area is 265 Å². The van der Waals surface area contributed by atoms with Gasteiger partial charge in [0.1, 0.15) is 18.6 Å². The Kier molecular flexibility index (Phi) is 12.2. The molecule has 0 fully saturated rings. The van der Waals surface area contributed by atoms with Crippen LogP contribution in [0.25, 0.3) is 0 Å². The van der Waals surface area contributed by atoms with Crippen LogP contribution in [0.4, 0.5) is 4.39 Å². The quantitative estimate of drug-likeness (QED) is 0.0647. The minimum absolute atomic E-state index is 0.0287. The molecule has 0 N–H and O–H groups in total. The zero-order chi connectivity index (χ0) is 31.0. The molecular weight excluding hydrogens is 683 g/mol. The van der Waals surface area contributed by atoms with E-state index in [0.717, 1.165) is 19.2 Å². The average molecular weight is 702 g/mol. The molecule has 0 amide bonds. The van der Waals surface area contributed by atoms with Crippen LogP contribution < -0.4 is 0 Å². The van der Waals surface area contributed by atoms with Gasteiger partial charge in [0, 0.05) is 10.0 Å². The van der Waals surface area contributed by atoms with Gasteiger partial charge in [-0.25, -0.2) is 14.0 Å². The molecule has 0 spiro atoms. The maximum atomic E-state index is 15.5. The molecule has 0 saturated heterocycles. The van der Waals surface area contributed by atoms with Crippen LogP contribution in [0.5, 0.6) is 0 Å². The van der Waals surface area contributed by atoms with E-state index in [0.29, 0.717) is 16.3 Å². The topological polar surface area (TPSA) is 118 Å². The van der Waals surface area contributed by atoms with E-state index in [4.69, 9.17) is 71.7 Å². The first-order valence-corrected chi connectivity index (χ1v) is 14.8. The van der Waals surface area contributed by atoms with E-state index < -0.39 is 51.9 Å². The number of esters is 2. The van der Waals surface area contributed by atoms with Crippen molar-refractivity contribution in [3.63, 3.8) is 0 Å². The summed E-state index contributed by atoms with van der Waals surface area (Å²) in [6.45, 7) is -0.931. The standard InChI is InChI=1S/C26H19Cl5FNO8S/c1-38-33-12-21(32)24(40-26(35)15-4-8-17(28)9-5-15)22(13-39-25(34)14-2-6-16(27)7-3-14)41-42(36,37)23-11-19(30)18(29)10-20(23)31/h2-12,21-22,24H,13H2,1H3/t21-,22-,24-/m0/s1. The van der Waals surface area contributed by atoms with E-state index in [9.17, 15) is 18.0 Å². The Bertz CT molecular complexity index is 1560. The van der Waals surface area contributed by atoms with Crippen molar-refractivity contribution < 1.29 is 40.9 Å². The molecule has 0 unspecified atom stereocenters. The molecular formula is C26H19Cl5FNO8S. The van der Waals surface area contributed by atoms with Crippen molar-refractivity contribution in [2.75, 3.05) is 13.7 Å². The van der Waals surface area contributed by atoms with Crippen molar-refractivity contribution in [2.24, 2.45) is 5.16 Å². The van der Waals surface area contributed by atoms with E-state index in [2.05, 4.69) is 9.99 Å². The van der Waals surface area contributed by atoms with Gasteiger partial charge in [-0.05, 0) is 60.7 Å². The molecule has 0 aliphatic carbocycles. The van der Waals surface area contributed by atoms with Gasteiger partial charge in [0.2, 0.25) is 0 Å². The highest BCUT2D eigenvalue weighted by molar-refractivity contribution is 7.87. The molecule has 0 heterocycles. The molecule has 0 aromatic heterocycles. The van der Waals surface area contributed by atoms with Crippen LogP contribution in [-0.4, -0.2) is 58.7 Å². The Hall–Kier alpha value is -2.64. The highest BCUT2D eigenvalue weighted by atomic mass is 35.5. The van der Waals surface area contributed by atoms with Crippen LogP contribution in [0.15, 0.2) is 70.7 Å². The second-order valence-electron chi connectivity index (χ2n) is 8.15. The molecule has 9 nitrogen and oxygen atoms in total. The lowest BCUT2D eigenvalue weighted by molar-refractivity contribution is -0.0478. The fourth-order valence-electron chi connectivity index (χ4n) is 3.24. The number of nitrogens with zero attached hydrogens (tertiary/aromatic N) is 1. The van der Waals surface area contributed by atoms with Crippen LogP contribution in [0.1, 0.15) is 20.7 Å². The average Bonchev–Trinajstić information content (AvgIpc) is 2.95. The minimum Gasteiger partial charge on any atom is -0.459 e. The molecule has 0 aliphatic heterocycles. The predicted molar refractivity (Wildman–Crippen MR) is 156 cm³/mol. The van der Waals surface area contributed by atoms with Gasteiger partial charge in [-0.1, -0.05) is 63.2 Å². The van der Waals surface area contributed by atoms with Gasteiger partial charge in [-0.3, -0.25) is 4.18 Å². The smallest absolute Gasteiger partial charge is 0.338 e. The summed E-state index contributed by atoms with van der Waals surface area (Å²) in [5.74, 6) is -2.04. The van der Waals surface area contributed by atoms with Crippen LogP contribution in [0.2, 0.25) is 25.1 Å². The number of ether oxygens (including phenoxy) is 2. The van der Waals surface area contributed by atoms with Gasteiger partial charge in [-0.15, -0.1) is 0 Å². The molecule has 42 heavy (non-hydrogen) atoms. The van der Waals surface area contributed by atoms with Gasteiger partial charge < -0.3 is 14.3 Å². The molecule has 0 aliphatic rings. The highest BCUT2D eigenvalue weighted by Crippen LogP contribution is 2.33. The van der Waals surface area contributed by atoms with E-state index in [1.165, 1.54) is 48.5 Å². The first-order valence-electron chi connectivity index (χ1n) is 11.5. The third-order valence-electron chi connectivity index (χ3n) is 5.27. The second kappa shape index (κ2) is 15.2. The van der Waals surface area contributed by atoms with Gasteiger partial charge in [0.15, 0.2) is 18.4 Å². The number of rotatable bonds is 12. The normalized spacial score (nSPS) is 13.8. The zero-order valence-corrected chi connectivity index (χ0v) is 25.8. The summed E-state index contributed by atoms with van der Waals surface area (Å²) in [5, 5.41) is 3.34. The Balaban J connectivity index is 2.02. The lowest BCUT2D eigenvalue weighted by Gasteiger charge is -2.27. The summed E-state index contributed by atoms with van der Waals surface area (Å²) in [4.78, 5) is 29.5. The summed E-state index contributed by atoms with van der Waals surface area (Å²) >= 11 is 29.6. The number of hydrogen-bond donors (Lipinski definition) is 0. The fraction of sp³-hybridized carbons (Fsp3) is 0.192. The predicted octanol–water partition coefficient (Wildman–Crippen LogP) is 7.08. The number of hydrogen-bond acceptors (Lipinski definition) is 9. The molecule has 0 radical (unpaired) electrons. The molecule has 0 bridgehead atoms. The summed E-state index contributed by atoms with van der Waals surface area (Å²) < 4.78 is 57.9. The highest BCUT2D eigenvalue weighted by Gasteiger charge is 2.39. The molecule has 3 atom stereocenters. The van der Waals surface area contributed by atoms with E-state index >= 15 is 4.39 Å². The molecule has 0 saturated carbocycles. The maximum absolute atomic E-state index is 15.5. The second-order valence-corrected chi connectivity index (χ2v) is 11.8. The Morgan fingerprint density at radius 1 is 0.857 bits per heavy atom. The molecule has 3 rings (SSSR count). The number of alkyl halides is 1. The third-order valence-corrected chi connectivity index (χ3v) is 8.29. The van der Waals surface area contributed by atoms with Crippen molar-refractivity contribution in [3.8, 4) is 0 Å². The summed E-state index contributed by atoms with van der Waals surface area (Å²) in [5.41, 5.74) is -0.0337. The first-order chi connectivity index (χ1) is 19.8. The monoisotopic (exact) mass is 699 g/mol. The SMILES string of the molecule is CON=C[C@H](F)[C@H](OC(=O)c1ccc(Cl)cc1)[C@H](COC(=O)c1ccc(Cl)cc1)OS(=O)(=O)c1cc(Cl)c(Cl)cc1Cl. The van der Waals surface area contributed by atoms with Gasteiger partial charge >= 0.3 is 11.9 Å². The fourth-order valence-corrected chi connectivity index (χ4v) is 5.54. The molecule has 16 heteroatoms. The number of carbonyl (C=O) groups is 2. The Morgan fingerprint density at radius 2 is 1.38 bits per heavy atom. The molecule has 224 valence electrons. The van der Waals surface area contributed by atoms with Gasteiger partial charge in [0.05, 0.1) is 32.4 Å². The van der Waals surface area contributed by atoms with E-state index in [-0.39, 0.29) is 26.2 Å². The van der Waals surface area contributed by atoms with Crippen molar-refractivity contribution in [1.82, 2.24) is 0 Å². The van der Waals surface area contributed by atoms with Crippen LogP contribution in [0.3, 0.4) is 0 Å². The Morgan fingerprint density at radius 3 is 1.93 bits per heavy atom. The van der Waals surface area contributed by atoms with Crippen LogP contribution in [-0.2, 0) is 28.6 Å².